The van der Waals surface area contributed by atoms with Gasteiger partial charge in [-0.05, 0) is 31.9 Å². The van der Waals surface area contributed by atoms with E-state index in [0.717, 1.165) is 31.4 Å². The zero-order valence-electron chi connectivity index (χ0n) is 12.2. The first kappa shape index (κ1) is 16.7. The number of hydrogen-bond donors (Lipinski definition) is 2. The number of unbranched alkanes of at least 4 members (excludes halogenated alkanes) is 2. The molecule has 0 fully saturated rings. The summed E-state index contributed by atoms with van der Waals surface area (Å²) in [6.45, 7) is 3.69. The van der Waals surface area contributed by atoms with Crippen LogP contribution in [-0.4, -0.2) is 30.8 Å². The fourth-order valence-electron chi connectivity index (χ4n) is 1.96. The quantitative estimate of drug-likeness (QED) is 0.510. The van der Waals surface area contributed by atoms with E-state index in [1.807, 2.05) is 37.3 Å². The Balaban J connectivity index is 1.98. The molecular weight excluding hydrogens is 254 g/mol. The summed E-state index contributed by atoms with van der Waals surface area (Å²) >= 11 is 0. The molecular formula is C16H25NO3. The lowest BCUT2D eigenvalue weighted by molar-refractivity contribution is -0.143. The van der Waals surface area contributed by atoms with E-state index in [-0.39, 0.29) is 5.97 Å². The number of benzene rings is 1. The van der Waals surface area contributed by atoms with Gasteiger partial charge in [-0.25, -0.2) is 0 Å². The molecule has 20 heavy (non-hydrogen) atoms. The van der Waals surface area contributed by atoms with E-state index in [1.54, 1.807) is 0 Å². The van der Waals surface area contributed by atoms with Gasteiger partial charge in [0, 0.05) is 13.0 Å². The Labute approximate surface area is 121 Å². The van der Waals surface area contributed by atoms with Crippen LogP contribution in [0.5, 0.6) is 0 Å². The van der Waals surface area contributed by atoms with E-state index in [1.165, 1.54) is 0 Å². The van der Waals surface area contributed by atoms with Gasteiger partial charge in [0.1, 0.15) is 0 Å². The highest BCUT2D eigenvalue weighted by molar-refractivity contribution is 5.69. The van der Waals surface area contributed by atoms with E-state index in [4.69, 9.17) is 4.74 Å². The molecule has 0 unspecified atom stereocenters. The first-order chi connectivity index (χ1) is 9.74. The van der Waals surface area contributed by atoms with Crippen LogP contribution in [0.4, 0.5) is 0 Å². The molecule has 0 heterocycles. The van der Waals surface area contributed by atoms with E-state index >= 15 is 0 Å². The molecule has 1 atom stereocenters. The molecule has 1 aromatic carbocycles. The van der Waals surface area contributed by atoms with Crippen molar-refractivity contribution in [3.8, 4) is 0 Å². The molecule has 2 N–H and O–H groups in total. The Bertz CT molecular complexity index is 367. The van der Waals surface area contributed by atoms with Gasteiger partial charge >= 0.3 is 5.97 Å². The van der Waals surface area contributed by atoms with Gasteiger partial charge in [-0.2, -0.15) is 0 Å². The summed E-state index contributed by atoms with van der Waals surface area (Å²) in [6.07, 6.45) is 2.90. The Morgan fingerprint density at radius 3 is 2.70 bits per heavy atom. The topological polar surface area (TPSA) is 58.6 Å². The average Bonchev–Trinajstić information content (AvgIpc) is 2.47. The molecule has 0 aliphatic rings. The molecule has 0 saturated heterocycles. The molecule has 0 radical (unpaired) electrons. The second-order valence-electron chi connectivity index (χ2n) is 4.75. The second-order valence-corrected chi connectivity index (χ2v) is 4.75. The van der Waals surface area contributed by atoms with Crippen LogP contribution in [-0.2, 0) is 9.53 Å². The van der Waals surface area contributed by atoms with Crippen molar-refractivity contribution in [2.45, 2.75) is 38.7 Å². The molecule has 1 aromatic rings. The maximum absolute atomic E-state index is 11.1. The van der Waals surface area contributed by atoms with Gasteiger partial charge in [0.15, 0.2) is 0 Å². The van der Waals surface area contributed by atoms with Crippen molar-refractivity contribution >= 4 is 5.97 Å². The summed E-state index contributed by atoms with van der Waals surface area (Å²) < 4.78 is 4.86. The summed E-state index contributed by atoms with van der Waals surface area (Å²) in [5, 5.41) is 13.2. The molecule has 112 valence electrons. The predicted octanol–water partition coefficient (Wildman–Crippen LogP) is 2.43. The number of hydrogen-bond acceptors (Lipinski definition) is 4. The molecule has 0 bridgehead atoms. The number of aliphatic hydroxyl groups excluding tert-OH is 1. The summed E-state index contributed by atoms with van der Waals surface area (Å²) in [5.41, 5.74) is 0.933. The minimum atomic E-state index is -0.462. The first-order valence-electron chi connectivity index (χ1n) is 7.33. The van der Waals surface area contributed by atoms with Crippen LogP contribution in [0.15, 0.2) is 30.3 Å². The average molecular weight is 279 g/mol. The second kappa shape index (κ2) is 10.4. The highest BCUT2D eigenvalue weighted by atomic mass is 16.5. The molecule has 0 aromatic heterocycles. The van der Waals surface area contributed by atoms with Gasteiger partial charge in [-0.15, -0.1) is 0 Å². The molecule has 0 amide bonds. The summed E-state index contributed by atoms with van der Waals surface area (Å²) in [6, 6.07) is 9.63. The fourth-order valence-corrected chi connectivity index (χ4v) is 1.96. The smallest absolute Gasteiger partial charge is 0.305 e. The van der Waals surface area contributed by atoms with Crippen LogP contribution in [0, 0.1) is 0 Å². The minimum absolute atomic E-state index is 0.111. The van der Waals surface area contributed by atoms with Crippen molar-refractivity contribution in [2.75, 3.05) is 19.7 Å². The third kappa shape index (κ3) is 7.26. The lowest BCUT2D eigenvalue weighted by Gasteiger charge is -2.12. The summed E-state index contributed by atoms with van der Waals surface area (Å²) in [5.74, 6) is -0.111. The van der Waals surface area contributed by atoms with Gasteiger partial charge in [0.2, 0.25) is 0 Å². The van der Waals surface area contributed by atoms with Crippen molar-refractivity contribution in [3.63, 3.8) is 0 Å². The van der Waals surface area contributed by atoms with Gasteiger partial charge in [0.05, 0.1) is 12.7 Å². The molecule has 0 aliphatic carbocycles. The first-order valence-corrected chi connectivity index (χ1v) is 7.33. The van der Waals surface area contributed by atoms with Crippen molar-refractivity contribution < 1.29 is 14.6 Å². The van der Waals surface area contributed by atoms with Gasteiger partial charge in [0.25, 0.3) is 0 Å². The lowest BCUT2D eigenvalue weighted by Crippen LogP contribution is -2.22. The maximum atomic E-state index is 11.1. The van der Waals surface area contributed by atoms with Crippen LogP contribution in [0.2, 0.25) is 0 Å². The Morgan fingerprint density at radius 1 is 1.25 bits per heavy atom. The normalized spacial score (nSPS) is 12.1. The SMILES string of the molecule is CCOC(=O)CCCCCNC[C@H](O)c1ccccc1. The number of carbonyl (C=O) groups excluding carboxylic acids is 1. The zero-order chi connectivity index (χ0) is 14.6. The van der Waals surface area contributed by atoms with Crippen LogP contribution in [0.25, 0.3) is 0 Å². The minimum Gasteiger partial charge on any atom is -0.466 e. The van der Waals surface area contributed by atoms with Gasteiger partial charge in [-0.3, -0.25) is 4.79 Å². The monoisotopic (exact) mass is 279 g/mol. The van der Waals surface area contributed by atoms with Crippen molar-refractivity contribution in [1.82, 2.24) is 5.32 Å². The summed E-state index contributed by atoms with van der Waals surface area (Å²) in [4.78, 5) is 11.1. The van der Waals surface area contributed by atoms with E-state index < -0.39 is 6.10 Å². The molecule has 0 saturated carbocycles. The summed E-state index contributed by atoms with van der Waals surface area (Å²) in [7, 11) is 0. The number of esters is 1. The third-order valence-corrected chi connectivity index (χ3v) is 3.06. The molecule has 4 nitrogen and oxygen atoms in total. The predicted molar refractivity (Wildman–Crippen MR) is 79.4 cm³/mol. The van der Waals surface area contributed by atoms with Gasteiger partial charge in [-0.1, -0.05) is 36.8 Å². The fraction of sp³-hybridized carbons (Fsp3) is 0.562. The van der Waals surface area contributed by atoms with Crippen molar-refractivity contribution in [3.05, 3.63) is 35.9 Å². The Kier molecular flexibility index (Phi) is 8.67. The number of nitrogens with one attached hydrogen (secondary N) is 1. The zero-order valence-corrected chi connectivity index (χ0v) is 12.2. The highest BCUT2D eigenvalue weighted by Gasteiger charge is 2.05. The van der Waals surface area contributed by atoms with E-state index in [9.17, 15) is 9.90 Å². The standard InChI is InChI=1S/C16H25NO3/c1-2-20-16(19)11-7-4-8-12-17-13-15(18)14-9-5-3-6-10-14/h3,5-6,9-10,15,17-18H,2,4,7-8,11-13H2,1H3/t15-/m0/s1. The van der Waals surface area contributed by atoms with Crippen LogP contribution < -0.4 is 5.32 Å². The molecule has 0 aliphatic heterocycles. The van der Waals surface area contributed by atoms with E-state index in [2.05, 4.69) is 5.32 Å². The lowest BCUT2D eigenvalue weighted by atomic mass is 10.1. The molecule has 1 rings (SSSR count). The van der Waals surface area contributed by atoms with Crippen LogP contribution in [0.1, 0.15) is 44.3 Å². The Morgan fingerprint density at radius 2 is 2.00 bits per heavy atom. The van der Waals surface area contributed by atoms with E-state index in [0.29, 0.717) is 19.6 Å². The van der Waals surface area contributed by atoms with Gasteiger partial charge < -0.3 is 15.2 Å². The number of carbonyl (C=O) groups is 1. The molecule has 0 spiro atoms. The number of ether oxygens (including phenoxy) is 1. The third-order valence-electron chi connectivity index (χ3n) is 3.06. The van der Waals surface area contributed by atoms with Crippen LogP contribution >= 0.6 is 0 Å². The highest BCUT2D eigenvalue weighted by Crippen LogP contribution is 2.10. The largest absolute Gasteiger partial charge is 0.466 e. The number of aliphatic hydroxyl groups is 1. The van der Waals surface area contributed by atoms with Crippen molar-refractivity contribution in [2.24, 2.45) is 0 Å². The molecule has 4 heteroatoms. The maximum Gasteiger partial charge on any atom is 0.305 e. The van der Waals surface area contributed by atoms with Crippen molar-refractivity contribution in [1.29, 1.82) is 0 Å². The van der Waals surface area contributed by atoms with Crippen LogP contribution in [0.3, 0.4) is 0 Å². The number of rotatable bonds is 10. The Hall–Kier alpha value is -1.39.